The highest BCUT2D eigenvalue weighted by atomic mass is 32.2. The highest BCUT2D eigenvalue weighted by Crippen LogP contribution is 2.03. The standard InChI is InChI=1S/C12H13N3O2S/c13-7-1-2-11-3-5-12(6-4-11)10-15-18(16,17)9-8-14/h3-6,15H,7,9-10,13H2. The lowest BCUT2D eigenvalue weighted by atomic mass is 10.1. The fourth-order valence-corrected chi connectivity index (χ4v) is 1.85. The van der Waals surface area contributed by atoms with Crippen LogP contribution in [-0.2, 0) is 16.6 Å². The number of rotatable bonds is 4. The van der Waals surface area contributed by atoms with E-state index in [1.54, 1.807) is 30.3 Å². The van der Waals surface area contributed by atoms with Crippen LogP contribution in [0.3, 0.4) is 0 Å². The van der Waals surface area contributed by atoms with Crippen molar-refractivity contribution in [3.05, 3.63) is 35.4 Å². The summed E-state index contributed by atoms with van der Waals surface area (Å²) >= 11 is 0. The summed E-state index contributed by atoms with van der Waals surface area (Å²) < 4.78 is 24.8. The minimum atomic E-state index is -3.51. The summed E-state index contributed by atoms with van der Waals surface area (Å²) in [5.41, 5.74) is 6.88. The van der Waals surface area contributed by atoms with Gasteiger partial charge >= 0.3 is 0 Å². The Morgan fingerprint density at radius 2 is 1.94 bits per heavy atom. The molecule has 3 N–H and O–H groups in total. The third-order valence-electron chi connectivity index (χ3n) is 2.04. The van der Waals surface area contributed by atoms with Crippen molar-refractivity contribution in [2.45, 2.75) is 6.54 Å². The Morgan fingerprint density at radius 1 is 1.28 bits per heavy atom. The highest BCUT2D eigenvalue weighted by Gasteiger charge is 2.08. The molecule has 0 bridgehead atoms. The zero-order valence-electron chi connectivity index (χ0n) is 9.68. The molecule has 5 nitrogen and oxygen atoms in total. The average molecular weight is 263 g/mol. The number of nitrogens with one attached hydrogen (secondary N) is 1. The van der Waals surface area contributed by atoms with E-state index in [0.717, 1.165) is 11.1 Å². The highest BCUT2D eigenvalue weighted by molar-refractivity contribution is 7.89. The van der Waals surface area contributed by atoms with Crippen LogP contribution in [0.4, 0.5) is 0 Å². The van der Waals surface area contributed by atoms with Crippen molar-refractivity contribution in [2.75, 3.05) is 12.3 Å². The number of hydrogen-bond donors (Lipinski definition) is 2. The first-order valence-corrected chi connectivity index (χ1v) is 6.85. The average Bonchev–Trinajstić information content (AvgIpc) is 2.35. The Morgan fingerprint density at radius 3 is 2.50 bits per heavy atom. The van der Waals surface area contributed by atoms with Gasteiger partial charge in [0.25, 0.3) is 0 Å². The van der Waals surface area contributed by atoms with Crippen LogP contribution >= 0.6 is 0 Å². The van der Waals surface area contributed by atoms with Gasteiger partial charge in [0.05, 0.1) is 12.6 Å². The van der Waals surface area contributed by atoms with Crippen molar-refractivity contribution in [1.29, 1.82) is 5.26 Å². The smallest absolute Gasteiger partial charge is 0.225 e. The van der Waals surface area contributed by atoms with Gasteiger partial charge in [-0.1, -0.05) is 24.0 Å². The lowest BCUT2D eigenvalue weighted by Crippen LogP contribution is -2.25. The van der Waals surface area contributed by atoms with Gasteiger partial charge in [0, 0.05) is 12.1 Å². The molecule has 0 saturated carbocycles. The molecule has 1 aromatic carbocycles. The normalized spacial score (nSPS) is 10.2. The first kappa shape index (κ1) is 14.2. The van der Waals surface area contributed by atoms with Gasteiger partial charge < -0.3 is 5.73 Å². The van der Waals surface area contributed by atoms with Gasteiger partial charge in [-0.25, -0.2) is 13.1 Å². The number of nitrogens with zero attached hydrogens (tertiary/aromatic N) is 1. The van der Waals surface area contributed by atoms with Crippen molar-refractivity contribution in [3.8, 4) is 17.9 Å². The van der Waals surface area contributed by atoms with Crippen LogP contribution in [0.1, 0.15) is 11.1 Å². The Bertz CT molecular complexity index is 589. The zero-order valence-corrected chi connectivity index (χ0v) is 10.5. The van der Waals surface area contributed by atoms with E-state index in [0.29, 0.717) is 6.54 Å². The van der Waals surface area contributed by atoms with E-state index in [1.165, 1.54) is 0 Å². The molecule has 0 aliphatic carbocycles. The Hall–Kier alpha value is -1.86. The number of nitriles is 1. The third-order valence-corrected chi connectivity index (χ3v) is 3.13. The third kappa shape index (κ3) is 4.98. The summed E-state index contributed by atoms with van der Waals surface area (Å²) in [6.07, 6.45) is 0. The maximum absolute atomic E-state index is 11.2. The molecule has 0 heterocycles. The van der Waals surface area contributed by atoms with Crippen LogP contribution in [0.2, 0.25) is 0 Å². The van der Waals surface area contributed by atoms with Crippen LogP contribution in [0.25, 0.3) is 0 Å². The topological polar surface area (TPSA) is 96.0 Å². The molecular formula is C12H13N3O2S. The molecule has 94 valence electrons. The van der Waals surface area contributed by atoms with Crippen LogP contribution < -0.4 is 10.5 Å². The van der Waals surface area contributed by atoms with Gasteiger partial charge in [-0.2, -0.15) is 5.26 Å². The van der Waals surface area contributed by atoms with E-state index in [9.17, 15) is 8.42 Å². The molecular weight excluding hydrogens is 250 g/mol. The summed E-state index contributed by atoms with van der Waals surface area (Å²) in [7, 11) is -3.51. The van der Waals surface area contributed by atoms with Gasteiger partial charge in [0.2, 0.25) is 10.0 Å². The summed E-state index contributed by atoms with van der Waals surface area (Å²) in [6, 6.07) is 8.72. The maximum Gasteiger partial charge on any atom is 0.225 e. The van der Waals surface area contributed by atoms with Crippen molar-refractivity contribution in [1.82, 2.24) is 4.72 Å². The second-order valence-corrected chi connectivity index (χ2v) is 5.25. The second-order valence-electron chi connectivity index (χ2n) is 3.44. The predicted octanol–water partition coefficient (Wildman–Crippen LogP) is -0.0602. The van der Waals surface area contributed by atoms with E-state index < -0.39 is 15.8 Å². The Balaban J connectivity index is 2.63. The van der Waals surface area contributed by atoms with Crippen molar-refractivity contribution in [2.24, 2.45) is 5.73 Å². The second kappa shape index (κ2) is 6.77. The van der Waals surface area contributed by atoms with Crippen molar-refractivity contribution in [3.63, 3.8) is 0 Å². The van der Waals surface area contributed by atoms with Crippen LogP contribution in [0.15, 0.2) is 24.3 Å². The van der Waals surface area contributed by atoms with Gasteiger partial charge in [0.15, 0.2) is 5.75 Å². The molecule has 0 radical (unpaired) electrons. The molecule has 0 aliphatic heterocycles. The first-order chi connectivity index (χ1) is 8.57. The molecule has 0 spiro atoms. The molecule has 1 aromatic rings. The largest absolute Gasteiger partial charge is 0.320 e. The fourth-order valence-electron chi connectivity index (χ4n) is 1.19. The van der Waals surface area contributed by atoms with E-state index >= 15 is 0 Å². The van der Waals surface area contributed by atoms with Gasteiger partial charge in [-0.05, 0) is 17.7 Å². The number of benzene rings is 1. The molecule has 0 unspecified atom stereocenters. The number of nitrogens with two attached hydrogens (primary N) is 1. The summed E-state index contributed by atoms with van der Waals surface area (Å²) in [6.45, 7) is 0.463. The van der Waals surface area contributed by atoms with E-state index in [2.05, 4.69) is 16.6 Å². The molecule has 0 aromatic heterocycles. The minimum Gasteiger partial charge on any atom is -0.320 e. The Kier molecular flexibility index (Phi) is 5.34. The first-order valence-electron chi connectivity index (χ1n) is 5.19. The van der Waals surface area contributed by atoms with Crippen molar-refractivity contribution >= 4 is 10.0 Å². The monoisotopic (exact) mass is 263 g/mol. The zero-order chi connectivity index (χ0) is 13.4. The quantitative estimate of drug-likeness (QED) is 0.744. The van der Waals surface area contributed by atoms with Crippen LogP contribution in [0, 0.1) is 23.2 Å². The predicted molar refractivity (Wildman–Crippen MR) is 68.6 cm³/mol. The van der Waals surface area contributed by atoms with Gasteiger partial charge in [-0.15, -0.1) is 0 Å². The van der Waals surface area contributed by atoms with Crippen LogP contribution in [-0.4, -0.2) is 20.7 Å². The molecule has 0 atom stereocenters. The summed E-state index contributed by atoms with van der Waals surface area (Å²) in [5, 5.41) is 8.32. The lowest BCUT2D eigenvalue weighted by Gasteiger charge is -2.03. The lowest BCUT2D eigenvalue weighted by molar-refractivity contribution is 0.585. The number of sulfonamides is 1. The maximum atomic E-state index is 11.2. The summed E-state index contributed by atoms with van der Waals surface area (Å²) in [4.78, 5) is 0. The number of hydrogen-bond acceptors (Lipinski definition) is 4. The van der Waals surface area contributed by atoms with E-state index in [1.807, 2.05) is 0 Å². The van der Waals surface area contributed by atoms with Crippen molar-refractivity contribution < 1.29 is 8.42 Å². The van der Waals surface area contributed by atoms with E-state index in [-0.39, 0.29) is 6.54 Å². The molecule has 0 saturated heterocycles. The molecule has 18 heavy (non-hydrogen) atoms. The van der Waals surface area contributed by atoms with Crippen LogP contribution in [0.5, 0.6) is 0 Å². The van der Waals surface area contributed by atoms with Gasteiger partial charge in [-0.3, -0.25) is 0 Å². The minimum absolute atomic E-state index is 0.161. The van der Waals surface area contributed by atoms with Gasteiger partial charge in [0.1, 0.15) is 0 Å². The Labute approximate surface area is 107 Å². The molecule has 0 amide bonds. The molecule has 1 rings (SSSR count). The fraction of sp³-hybridized carbons (Fsp3) is 0.250. The van der Waals surface area contributed by atoms with E-state index in [4.69, 9.17) is 11.0 Å². The molecule has 0 fully saturated rings. The molecule has 0 aliphatic rings. The molecule has 6 heteroatoms. The summed E-state index contributed by atoms with van der Waals surface area (Å²) in [5.74, 6) is 5.06. The SMILES string of the molecule is N#CCS(=O)(=O)NCc1ccc(C#CCN)cc1.